The van der Waals surface area contributed by atoms with Crippen LogP contribution in [0.15, 0.2) is 22.8 Å². The first-order chi connectivity index (χ1) is 9.84. The van der Waals surface area contributed by atoms with Crippen LogP contribution >= 0.6 is 15.9 Å². The maximum atomic E-state index is 12.4. The quantitative estimate of drug-likeness (QED) is 0.734. The van der Waals surface area contributed by atoms with Gasteiger partial charge in [0.2, 0.25) is 5.91 Å². The van der Waals surface area contributed by atoms with Gasteiger partial charge < -0.3 is 4.90 Å². The average Bonchev–Trinajstić information content (AvgIpc) is 2.42. The number of amides is 1. The first kappa shape index (κ1) is 14.4. The number of carbonyl (C=O) groups is 1. The molecule has 1 amide bonds. The van der Waals surface area contributed by atoms with E-state index in [0.29, 0.717) is 6.54 Å². The van der Waals surface area contributed by atoms with Gasteiger partial charge in [-0.25, -0.2) is 9.97 Å². The minimum atomic E-state index is -0.341. The first-order valence-electron chi connectivity index (χ1n) is 7.08. The van der Waals surface area contributed by atoms with Crippen LogP contribution in [0.2, 0.25) is 0 Å². The van der Waals surface area contributed by atoms with Crippen LogP contribution < -0.4 is 0 Å². The summed E-state index contributed by atoms with van der Waals surface area (Å²) in [4.78, 5) is 23.4. The lowest BCUT2D eigenvalue weighted by Gasteiger charge is -2.33. The fourth-order valence-electron chi connectivity index (χ4n) is 2.64. The summed E-state index contributed by atoms with van der Waals surface area (Å²) >= 11 is 3.43. The molecule has 2 aromatic rings. The zero-order chi connectivity index (χ0) is 15.2. The number of fused-ring (bicyclic) bond motifs is 2. The maximum absolute atomic E-state index is 12.4. The number of halogens is 1. The van der Waals surface area contributed by atoms with Crippen LogP contribution in [0.4, 0.5) is 0 Å². The molecule has 0 saturated carbocycles. The Morgan fingerprint density at radius 3 is 2.81 bits per heavy atom. The van der Waals surface area contributed by atoms with E-state index in [-0.39, 0.29) is 11.3 Å². The maximum Gasteiger partial charge on any atom is 0.228 e. The molecule has 0 unspecified atom stereocenters. The van der Waals surface area contributed by atoms with E-state index < -0.39 is 0 Å². The van der Waals surface area contributed by atoms with Gasteiger partial charge in [0.05, 0.1) is 0 Å². The number of hydrogen-bond donors (Lipinski definition) is 0. The molecule has 4 nitrogen and oxygen atoms in total. The van der Waals surface area contributed by atoms with Crippen LogP contribution in [-0.2, 0) is 17.8 Å². The van der Waals surface area contributed by atoms with Gasteiger partial charge in [0.15, 0.2) is 5.65 Å². The van der Waals surface area contributed by atoms with Crippen molar-refractivity contribution < 1.29 is 4.79 Å². The Bertz CT molecular complexity index is 721. The molecule has 0 radical (unpaired) electrons. The molecular formula is C16H18BrN3O. The number of rotatable bonds is 0. The molecule has 1 aliphatic rings. The van der Waals surface area contributed by atoms with E-state index in [1.165, 1.54) is 0 Å². The summed E-state index contributed by atoms with van der Waals surface area (Å²) < 4.78 is 0.940. The van der Waals surface area contributed by atoms with Crippen LogP contribution in [0.3, 0.4) is 0 Å². The molecule has 1 aliphatic heterocycles. The highest BCUT2D eigenvalue weighted by molar-refractivity contribution is 9.10. The minimum absolute atomic E-state index is 0.195. The SMILES string of the molecule is CC(C)(C)C(=O)N1CCc2nc3ncc(Br)cc3cc2C1. The van der Waals surface area contributed by atoms with Crippen LogP contribution in [-0.4, -0.2) is 27.3 Å². The standard InChI is InChI=1S/C16H18BrN3O/c1-16(2,3)15(21)20-5-4-13-11(9-20)6-10-7-12(17)8-18-14(10)19-13/h6-8H,4-5,9H2,1-3H3. The minimum Gasteiger partial charge on any atom is -0.337 e. The van der Waals surface area contributed by atoms with Crippen LogP contribution in [0.1, 0.15) is 32.0 Å². The second-order valence-electron chi connectivity index (χ2n) is 6.52. The number of aromatic nitrogens is 2. The third kappa shape index (κ3) is 2.79. The third-order valence-electron chi connectivity index (χ3n) is 3.71. The van der Waals surface area contributed by atoms with Crippen molar-refractivity contribution in [1.82, 2.24) is 14.9 Å². The van der Waals surface area contributed by atoms with Crippen molar-refractivity contribution in [2.75, 3.05) is 6.54 Å². The van der Waals surface area contributed by atoms with E-state index in [9.17, 15) is 4.79 Å². The highest BCUT2D eigenvalue weighted by Gasteiger charge is 2.30. The predicted molar refractivity (Wildman–Crippen MR) is 85.8 cm³/mol. The Morgan fingerprint density at radius 1 is 1.33 bits per heavy atom. The van der Waals surface area contributed by atoms with E-state index in [2.05, 4.69) is 32.0 Å². The molecule has 2 aromatic heterocycles. The third-order valence-corrected chi connectivity index (χ3v) is 4.15. The average molecular weight is 348 g/mol. The highest BCUT2D eigenvalue weighted by atomic mass is 79.9. The van der Waals surface area contributed by atoms with Gasteiger partial charge in [0, 0.05) is 46.7 Å². The van der Waals surface area contributed by atoms with Crippen molar-refractivity contribution in [2.45, 2.75) is 33.7 Å². The zero-order valence-corrected chi connectivity index (χ0v) is 14.1. The van der Waals surface area contributed by atoms with E-state index in [1.807, 2.05) is 31.7 Å². The fourth-order valence-corrected chi connectivity index (χ4v) is 2.99. The fraction of sp³-hybridized carbons (Fsp3) is 0.438. The molecule has 0 fully saturated rings. The van der Waals surface area contributed by atoms with E-state index in [1.54, 1.807) is 6.20 Å². The molecule has 0 bridgehead atoms. The summed E-state index contributed by atoms with van der Waals surface area (Å²) in [7, 11) is 0. The Kier molecular flexibility index (Phi) is 3.48. The van der Waals surface area contributed by atoms with Crippen molar-refractivity contribution in [3.05, 3.63) is 34.1 Å². The number of carbonyl (C=O) groups excluding carboxylic acids is 1. The first-order valence-corrected chi connectivity index (χ1v) is 7.87. The van der Waals surface area contributed by atoms with Crippen molar-refractivity contribution in [3.63, 3.8) is 0 Å². The second-order valence-corrected chi connectivity index (χ2v) is 7.44. The van der Waals surface area contributed by atoms with Gasteiger partial charge in [-0.2, -0.15) is 0 Å². The van der Waals surface area contributed by atoms with Gasteiger partial charge in [0.25, 0.3) is 0 Å². The smallest absolute Gasteiger partial charge is 0.228 e. The molecule has 0 N–H and O–H groups in total. The summed E-state index contributed by atoms with van der Waals surface area (Å²) in [5, 5.41) is 1.01. The Labute approximate surface area is 132 Å². The van der Waals surface area contributed by atoms with E-state index >= 15 is 0 Å². The largest absolute Gasteiger partial charge is 0.337 e. The van der Waals surface area contributed by atoms with Crippen molar-refractivity contribution >= 4 is 32.9 Å². The summed E-state index contributed by atoms with van der Waals surface area (Å²) in [6, 6.07) is 4.12. The van der Waals surface area contributed by atoms with Crippen molar-refractivity contribution in [3.8, 4) is 0 Å². The van der Waals surface area contributed by atoms with E-state index in [0.717, 1.165) is 39.7 Å². The molecule has 0 saturated heterocycles. The van der Waals surface area contributed by atoms with Gasteiger partial charge >= 0.3 is 0 Å². The lowest BCUT2D eigenvalue weighted by molar-refractivity contribution is -0.140. The summed E-state index contributed by atoms with van der Waals surface area (Å²) in [5.41, 5.74) is 2.63. The van der Waals surface area contributed by atoms with Gasteiger partial charge in [0.1, 0.15) is 0 Å². The molecule has 21 heavy (non-hydrogen) atoms. The summed E-state index contributed by atoms with van der Waals surface area (Å²) in [6.07, 6.45) is 2.56. The Morgan fingerprint density at radius 2 is 2.10 bits per heavy atom. The van der Waals surface area contributed by atoms with Crippen LogP contribution in [0.25, 0.3) is 11.0 Å². The molecular weight excluding hydrogens is 330 g/mol. The second kappa shape index (κ2) is 5.05. The summed E-state index contributed by atoms with van der Waals surface area (Å²) in [5.74, 6) is 0.195. The van der Waals surface area contributed by atoms with Gasteiger partial charge in [-0.3, -0.25) is 4.79 Å². The Hall–Kier alpha value is -1.49. The van der Waals surface area contributed by atoms with Crippen molar-refractivity contribution in [1.29, 1.82) is 0 Å². The number of nitrogens with zero attached hydrogens (tertiary/aromatic N) is 3. The normalized spacial score (nSPS) is 15.1. The highest BCUT2D eigenvalue weighted by Crippen LogP contribution is 2.26. The molecule has 0 atom stereocenters. The topological polar surface area (TPSA) is 46.1 Å². The molecule has 0 aromatic carbocycles. The van der Waals surface area contributed by atoms with Gasteiger partial charge in [-0.05, 0) is 33.6 Å². The summed E-state index contributed by atoms with van der Waals surface area (Å²) in [6.45, 7) is 7.26. The lowest BCUT2D eigenvalue weighted by atomic mass is 9.93. The monoisotopic (exact) mass is 347 g/mol. The Balaban J connectivity index is 1.97. The van der Waals surface area contributed by atoms with Crippen LogP contribution in [0, 0.1) is 5.41 Å². The molecule has 0 spiro atoms. The molecule has 3 heterocycles. The van der Waals surface area contributed by atoms with Crippen LogP contribution in [0.5, 0.6) is 0 Å². The zero-order valence-electron chi connectivity index (χ0n) is 12.5. The van der Waals surface area contributed by atoms with Gasteiger partial charge in [-0.15, -0.1) is 0 Å². The molecule has 5 heteroatoms. The molecule has 0 aliphatic carbocycles. The van der Waals surface area contributed by atoms with Crippen molar-refractivity contribution in [2.24, 2.45) is 5.41 Å². The van der Waals surface area contributed by atoms with Gasteiger partial charge in [-0.1, -0.05) is 20.8 Å². The van der Waals surface area contributed by atoms with E-state index in [4.69, 9.17) is 0 Å². The lowest BCUT2D eigenvalue weighted by Crippen LogP contribution is -2.42. The number of hydrogen-bond acceptors (Lipinski definition) is 3. The molecule has 3 rings (SSSR count). The number of pyridine rings is 2. The predicted octanol–water partition coefficient (Wildman–Crippen LogP) is 3.32. The molecule has 110 valence electrons.